The van der Waals surface area contributed by atoms with Crippen molar-refractivity contribution in [2.24, 2.45) is 0 Å². The van der Waals surface area contributed by atoms with Gasteiger partial charge >= 0.3 is 0 Å². The average molecular weight is 389 g/mol. The minimum atomic E-state index is -0.188. The lowest BCUT2D eigenvalue weighted by atomic mass is 10.1. The zero-order chi connectivity index (χ0) is 19.8. The standard InChI is InChI=1S/C21H28N2O3S/c1-15(27-19-11-9-17(25-4)10-12-19)21(24)22-14-20(23(2)3)16-7-6-8-18(13-16)26-5/h6-13,15,20H,14H2,1-5H3,(H,22,24). The molecular weight excluding hydrogens is 360 g/mol. The minimum Gasteiger partial charge on any atom is -0.497 e. The number of hydrogen-bond acceptors (Lipinski definition) is 5. The molecule has 0 aliphatic rings. The number of rotatable bonds is 9. The van der Waals surface area contributed by atoms with Crippen molar-refractivity contribution in [3.63, 3.8) is 0 Å². The number of amides is 1. The number of hydrogen-bond donors (Lipinski definition) is 1. The average Bonchev–Trinajstić information content (AvgIpc) is 2.68. The van der Waals surface area contributed by atoms with Crippen LogP contribution in [0.1, 0.15) is 18.5 Å². The number of benzene rings is 2. The van der Waals surface area contributed by atoms with Crippen LogP contribution in [0.25, 0.3) is 0 Å². The molecule has 2 atom stereocenters. The molecule has 1 N–H and O–H groups in total. The maximum absolute atomic E-state index is 12.6. The van der Waals surface area contributed by atoms with Gasteiger partial charge in [-0.05, 0) is 63.0 Å². The Kier molecular flexibility index (Phi) is 8.00. The summed E-state index contributed by atoms with van der Waals surface area (Å²) in [4.78, 5) is 15.7. The Morgan fingerprint density at radius 3 is 2.33 bits per heavy atom. The summed E-state index contributed by atoms with van der Waals surface area (Å²) in [5.41, 5.74) is 1.11. The van der Waals surface area contributed by atoms with Crippen molar-refractivity contribution < 1.29 is 14.3 Å². The highest BCUT2D eigenvalue weighted by Gasteiger charge is 2.19. The van der Waals surface area contributed by atoms with Crippen LogP contribution in [0.2, 0.25) is 0 Å². The quantitative estimate of drug-likeness (QED) is 0.665. The molecule has 1 amide bonds. The van der Waals surface area contributed by atoms with Crippen molar-refractivity contribution >= 4 is 17.7 Å². The molecule has 5 nitrogen and oxygen atoms in total. The van der Waals surface area contributed by atoms with Crippen molar-refractivity contribution in [2.45, 2.75) is 23.1 Å². The van der Waals surface area contributed by atoms with E-state index >= 15 is 0 Å². The van der Waals surface area contributed by atoms with Gasteiger partial charge in [0.2, 0.25) is 5.91 Å². The predicted octanol–water partition coefficient (Wildman–Crippen LogP) is 3.60. The van der Waals surface area contributed by atoms with Gasteiger partial charge in [-0.2, -0.15) is 0 Å². The highest BCUT2D eigenvalue weighted by molar-refractivity contribution is 8.00. The molecule has 0 spiro atoms. The van der Waals surface area contributed by atoms with Crippen molar-refractivity contribution in [2.75, 3.05) is 34.9 Å². The molecule has 0 saturated carbocycles. The van der Waals surface area contributed by atoms with Gasteiger partial charge in [0, 0.05) is 11.4 Å². The monoisotopic (exact) mass is 388 g/mol. The van der Waals surface area contributed by atoms with Gasteiger partial charge < -0.3 is 19.7 Å². The minimum absolute atomic E-state index is 0.0190. The Balaban J connectivity index is 1.95. The SMILES string of the molecule is COc1ccc(SC(C)C(=O)NCC(c2cccc(OC)c2)N(C)C)cc1. The lowest BCUT2D eigenvalue weighted by Crippen LogP contribution is -2.38. The number of thioether (sulfide) groups is 1. The third-order valence-electron chi connectivity index (χ3n) is 4.31. The highest BCUT2D eigenvalue weighted by atomic mass is 32.2. The summed E-state index contributed by atoms with van der Waals surface area (Å²) < 4.78 is 10.5. The van der Waals surface area contributed by atoms with Crippen LogP contribution in [0.4, 0.5) is 0 Å². The molecule has 2 aromatic carbocycles. The number of likely N-dealkylation sites (N-methyl/N-ethyl adjacent to an activating group) is 1. The molecule has 27 heavy (non-hydrogen) atoms. The predicted molar refractivity (Wildman–Crippen MR) is 111 cm³/mol. The molecule has 0 aliphatic heterocycles. The van der Waals surface area contributed by atoms with E-state index in [1.165, 1.54) is 11.8 Å². The van der Waals surface area contributed by atoms with Crippen molar-refractivity contribution in [3.8, 4) is 11.5 Å². The Labute approximate surface area is 166 Å². The van der Waals surface area contributed by atoms with Crippen LogP contribution >= 0.6 is 11.8 Å². The first-order valence-electron chi connectivity index (χ1n) is 8.83. The number of ether oxygens (including phenoxy) is 2. The second-order valence-corrected chi connectivity index (χ2v) is 7.85. The summed E-state index contributed by atoms with van der Waals surface area (Å²) in [6.45, 7) is 2.45. The number of nitrogens with one attached hydrogen (secondary N) is 1. The fraction of sp³-hybridized carbons (Fsp3) is 0.381. The fourth-order valence-electron chi connectivity index (χ4n) is 2.70. The molecule has 0 saturated heterocycles. The first-order chi connectivity index (χ1) is 12.9. The van der Waals surface area contributed by atoms with Gasteiger partial charge in [0.25, 0.3) is 0 Å². The molecule has 0 aromatic heterocycles. The smallest absolute Gasteiger partial charge is 0.233 e. The second-order valence-electron chi connectivity index (χ2n) is 6.44. The molecular formula is C21H28N2O3S. The summed E-state index contributed by atoms with van der Waals surface area (Å²) >= 11 is 1.53. The van der Waals surface area contributed by atoms with Crippen LogP contribution in [-0.2, 0) is 4.79 Å². The molecule has 146 valence electrons. The molecule has 0 aliphatic carbocycles. The molecule has 0 radical (unpaired) electrons. The van der Waals surface area contributed by atoms with E-state index in [1.807, 2.05) is 63.5 Å². The van der Waals surface area contributed by atoms with E-state index in [0.717, 1.165) is 22.0 Å². The topological polar surface area (TPSA) is 50.8 Å². The summed E-state index contributed by atoms with van der Waals surface area (Å²) in [6, 6.07) is 15.7. The van der Waals surface area contributed by atoms with E-state index in [-0.39, 0.29) is 17.2 Å². The van der Waals surface area contributed by atoms with Gasteiger partial charge in [0.1, 0.15) is 11.5 Å². The molecule has 2 unspecified atom stereocenters. The van der Waals surface area contributed by atoms with E-state index in [4.69, 9.17) is 9.47 Å². The van der Waals surface area contributed by atoms with E-state index in [9.17, 15) is 4.79 Å². The number of nitrogens with zero attached hydrogens (tertiary/aromatic N) is 1. The third kappa shape index (κ3) is 6.19. The molecule has 0 fully saturated rings. The Morgan fingerprint density at radius 1 is 1.07 bits per heavy atom. The maximum Gasteiger partial charge on any atom is 0.233 e. The second kappa shape index (κ2) is 10.2. The van der Waals surface area contributed by atoms with Gasteiger partial charge in [0.15, 0.2) is 0 Å². The Hall–Kier alpha value is -2.18. The van der Waals surface area contributed by atoms with Gasteiger partial charge in [-0.25, -0.2) is 0 Å². The van der Waals surface area contributed by atoms with Crippen LogP contribution in [0, 0.1) is 0 Å². The van der Waals surface area contributed by atoms with Gasteiger partial charge in [-0.15, -0.1) is 11.8 Å². The Morgan fingerprint density at radius 2 is 1.74 bits per heavy atom. The highest BCUT2D eigenvalue weighted by Crippen LogP contribution is 2.26. The number of methoxy groups -OCH3 is 2. The van der Waals surface area contributed by atoms with Crippen molar-refractivity contribution in [3.05, 3.63) is 54.1 Å². The number of carbonyl (C=O) groups is 1. The fourth-order valence-corrected chi connectivity index (χ4v) is 3.59. The summed E-state index contributed by atoms with van der Waals surface area (Å²) in [6.07, 6.45) is 0. The van der Waals surface area contributed by atoms with Gasteiger partial charge in [-0.3, -0.25) is 4.79 Å². The van der Waals surface area contributed by atoms with Crippen LogP contribution < -0.4 is 14.8 Å². The first kappa shape index (κ1) is 21.1. The van der Waals surface area contributed by atoms with Crippen LogP contribution in [-0.4, -0.2) is 50.9 Å². The first-order valence-corrected chi connectivity index (χ1v) is 9.71. The summed E-state index contributed by atoms with van der Waals surface area (Å²) in [5.74, 6) is 1.64. The largest absolute Gasteiger partial charge is 0.497 e. The normalized spacial score (nSPS) is 13.1. The van der Waals surface area contributed by atoms with Gasteiger partial charge in [0.05, 0.1) is 25.5 Å². The van der Waals surface area contributed by atoms with Crippen molar-refractivity contribution in [1.29, 1.82) is 0 Å². The third-order valence-corrected chi connectivity index (χ3v) is 5.43. The zero-order valence-electron chi connectivity index (χ0n) is 16.6. The molecule has 6 heteroatoms. The van der Waals surface area contributed by atoms with Crippen molar-refractivity contribution in [1.82, 2.24) is 10.2 Å². The zero-order valence-corrected chi connectivity index (χ0v) is 17.4. The summed E-state index contributed by atoms with van der Waals surface area (Å²) in [5, 5.41) is 2.89. The molecule has 0 heterocycles. The van der Waals surface area contributed by atoms with E-state index in [0.29, 0.717) is 6.54 Å². The number of carbonyl (C=O) groups excluding carboxylic acids is 1. The van der Waals surface area contributed by atoms with Crippen LogP contribution in [0.5, 0.6) is 11.5 Å². The molecule has 2 aromatic rings. The van der Waals surface area contributed by atoms with Crippen LogP contribution in [0.15, 0.2) is 53.4 Å². The molecule has 0 bridgehead atoms. The lowest BCUT2D eigenvalue weighted by Gasteiger charge is -2.26. The maximum atomic E-state index is 12.6. The van der Waals surface area contributed by atoms with E-state index < -0.39 is 0 Å². The Bertz CT molecular complexity index is 734. The molecule has 2 rings (SSSR count). The van der Waals surface area contributed by atoms with Crippen LogP contribution in [0.3, 0.4) is 0 Å². The lowest BCUT2D eigenvalue weighted by molar-refractivity contribution is -0.120. The van der Waals surface area contributed by atoms with Gasteiger partial charge in [-0.1, -0.05) is 12.1 Å². The van der Waals surface area contributed by atoms with E-state index in [2.05, 4.69) is 16.3 Å². The van der Waals surface area contributed by atoms with E-state index in [1.54, 1.807) is 14.2 Å². The summed E-state index contributed by atoms with van der Waals surface area (Å²) in [7, 11) is 7.31.